The zero-order valence-corrected chi connectivity index (χ0v) is 12.9. The fraction of sp³-hybridized carbons (Fsp3) is 0.733. The van der Waals surface area contributed by atoms with Crippen LogP contribution in [0.3, 0.4) is 0 Å². The summed E-state index contributed by atoms with van der Waals surface area (Å²) in [6, 6.07) is 0. The number of hydrogen-bond acceptors (Lipinski definition) is 4. The summed E-state index contributed by atoms with van der Waals surface area (Å²) in [5.74, 6) is 1.96. The first-order chi connectivity index (χ1) is 9.20. The summed E-state index contributed by atoms with van der Waals surface area (Å²) in [5, 5.41) is 0.834. The van der Waals surface area contributed by atoms with E-state index in [1.807, 2.05) is 11.8 Å². The molecule has 0 aliphatic heterocycles. The van der Waals surface area contributed by atoms with Crippen LogP contribution < -0.4 is 5.73 Å². The van der Waals surface area contributed by atoms with Crippen molar-refractivity contribution in [2.24, 2.45) is 5.73 Å². The van der Waals surface area contributed by atoms with Crippen LogP contribution in [0.4, 0.5) is 0 Å². The molecule has 0 aromatic carbocycles. The van der Waals surface area contributed by atoms with Crippen molar-refractivity contribution < 1.29 is 0 Å². The molecule has 0 spiro atoms. The summed E-state index contributed by atoms with van der Waals surface area (Å²) in [6.45, 7) is 4.94. The highest BCUT2D eigenvalue weighted by Gasteiger charge is 2.16. The van der Waals surface area contributed by atoms with Crippen molar-refractivity contribution in [3.05, 3.63) is 22.8 Å². The van der Waals surface area contributed by atoms with Crippen molar-refractivity contribution in [3.63, 3.8) is 0 Å². The maximum absolute atomic E-state index is 5.58. The highest BCUT2D eigenvalue weighted by Crippen LogP contribution is 2.31. The van der Waals surface area contributed by atoms with Crippen LogP contribution in [0.2, 0.25) is 0 Å². The Bertz CT molecular complexity index is 391. The Morgan fingerprint density at radius 1 is 1.16 bits per heavy atom. The van der Waals surface area contributed by atoms with E-state index < -0.39 is 0 Å². The van der Waals surface area contributed by atoms with E-state index in [9.17, 15) is 0 Å². The summed E-state index contributed by atoms with van der Waals surface area (Å²) < 4.78 is 0. The maximum Gasteiger partial charge on any atom is 0.138 e. The second-order valence-electron chi connectivity index (χ2n) is 5.40. The molecule has 0 saturated heterocycles. The molecule has 1 aliphatic carbocycles. The van der Waals surface area contributed by atoms with E-state index in [2.05, 4.69) is 23.8 Å². The molecule has 4 heteroatoms. The number of rotatable bonds is 6. The van der Waals surface area contributed by atoms with Gasteiger partial charge < -0.3 is 5.73 Å². The van der Waals surface area contributed by atoms with Crippen LogP contribution in [0.15, 0.2) is 0 Å². The number of aryl methyl sites for hydroxylation is 2. The Hall–Kier alpha value is -0.610. The molecular formula is C15H25N3S. The van der Waals surface area contributed by atoms with E-state index >= 15 is 0 Å². The quantitative estimate of drug-likeness (QED) is 0.869. The van der Waals surface area contributed by atoms with Gasteiger partial charge in [0.15, 0.2) is 0 Å². The molecule has 1 fully saturated rings. The summed E-state index contributed by atoms with van der Waals surface area (Å²) in [7, 11) is 0. The van der Waals surface area contributed by atoms with Crippen LogP contribution in [0.5, 0.6) is 0 Å². The molecule has 1 heterocycles. The van der Waals surface area contributed by atoms with E-state index in [0.29, 0.717) is 0 Å². The summed E-state index contributed by atoms with van der Waals surface area (Å²) in [5.41, 5.74) is 9.15. The lowest BCUT2D eigenvalue weighted by atomic mass is 10.1. The second-order valence-corrected chi connectivity index (χ2v) is 6.69. The first kappa shape index (κ1) is 14.8. The molecule has 1 aromatic rings. The minimum Gasteiger partial charge on any atom is -0.330 e. The van der Waals surface area contributed by atoms with Crippen molar-refractivity contribution in [1.29, 1.82) is 0 Å². The Morgan fingerprint density at radius 2 is 1.79 bits per heavy atom. The van der Waals surface area contributed by atoms with E-state index in [1.165, 1.54) is 31.2 Å². The average Bonchev–Trinajstić information content (AvgIpc) is 2.88. The van der Waals surface area contributed by atoms with Gasteiger partial charge in [0.1, 0.15) is 5.82 Å². The summed E-state index contributed by atoms with van der Waals surface area (Å²) in [6.07, 6.45) is 7.56. The molecule has 0 unspecified atom stereocenters. The predicted octanol–water partition coefficient (Wildman–Crippen LogP) is 3.16. The Balaban J connectivity index is 1.97. The molecule has 19 heavy (non-hydrogen) atoms. The van der Waals surface area contributed by atoms with Gasteiger partial charge in [-0.1, -0.05) is 12.8 Å². The molecule has 1 aromatic heterocycles. The first-order valence-electron chi connectivity index (χ1n) is 7.35. The largest absolute Gasteiger partial charge is 0.330 e. The van der Waals surface area contributed by atoms with Crippen LogP contribution >= 0.6 is 11.8 Å². The van der Waals surface area contributed by atoms with Gasteiger partial charge in [0.05, 0.1) is 5.75 Å². The van der Waals surface area contributed by atoms with Gasteiger partial charge >= 0.3 is 0 Å². The van der Waals surface area contributed by atoms with Gasteiger partial charge in [0, 0.05) is 16.6 Å². The van der Waals surface area contributed by atoms with Gasteiger partial charge in [0.25, 0.3) is 0 Å². The van der Waals surface area contributed by atoms with E-state index in [1.54, 1.807) is 0 Å². The average molecular weight is 279 g/mol. The third kappa shape index (κ3) is 4.18. The molecule has 2 rings (SSSR count). The third-order valence-corrected chi connectivity index (χ3v) is 5.22. The molecular weight excluding hydrogens is 254 g/mol. The summed E-state index contributed by atoms with van der Waals surface area (Å²) in [4.78, 5) is 9.35. The molecule has 3 nitrogen and oxygen atoms in total. The van der Waals surface area contributed by atoms with Gasteiger partial charge in [0.2, 0.25) is 0 Å². The molecule has 1 aliphatic rings. The minimum atomic E-state index is 0.734. The molecule has 2 N–H and O–H groups in total. The predicted molar refractivity (Wildman–Crippen MR) is 82.4 cm³/mol. The molecule has 0 radical (unpaired) electrons. The highest BCUT2D eigenvalue weighted by molar-refractivity contribution is 7.99. The Kier molecular flexibility index (Phi) is 5.64. The van der Waals surface area contributed by atoms with E-state index in [4.69, 9.17) is 5.73 Å². The van der Waals surface area contributed by atoms with Gasteiger partial charge in [-0.05, 0) is 51.6 Å². The Morgan fingerprint density at radius 3 is 2.37 bits per heavy atom. The lowest BCUT2D eigenvalue weighted by molar-refractivity contribution is 0.796. The van der Waals surface area contributed by atoms with Crippen LogP contribution in [-0.4, -0.2) is 21.8 Å². The molecule has 0 bridgehead atoms. The van der Waals surface area contributed by atoms with Gasteiger partial charge in [-0.25, -0.2) is 9.97 Å². The van der Waals surface area contributed by atoms with Gasteiger partial charge in [-0.15, -0.1) is 0 Å². The van der Waals surface area contributed by atoms with Crippen LogP contribution in [0.25, 0.3) is 0 Å². The van der Waals surface area contributed by atoms with E-state index in [-0.39, 0.29) is 0 Å². The minimum absolute atomic E-state index is 0.734. The fourth-order valence-corrected chi connectivity index (χ4v) is 3.94. The zero-order chi connectivity index (χ0) is 13.7. The van der Waals surface area contributed by atoms with Crippen molar-refractivity contribution in [3.8, 4) is 0 Å². The normalized spacial score (nSPS) is 16.2. The number of aromatic nitrogens is 2. The third-order valence-electron chi connectivity index (χ3n) is 3.85. The highest BCUT2D eigenvalue weighted by atomic mass is 32.2. The van der Waals surface area contributed by atoms with Gasteiger partial charge in [-0.2, -0.15) is 11.8 Å². The number of hydrogen-bond donors (Lipinski definition) is 1. The lowest BCUT2D eigenvalue weighted by Crippen LogP contribution is -2.08. The van der Waals surface area contributed by atoms with Crippen LogP contribution in [0.1, 0.15) is 54.9 Å². The zero-order valence-electron chi connectivity index (χ0n) is 12.1. The number of thioether (sulfide) groups is 1. The fourth-order valence-electron chi connectivity index (χ4n) is 2.76. The lowest BCUT2D eigenvalue weighted by Gasteiger charge is -2.12. The topological polar surface area (TPSA) is 51.8 Å². The molecule has 106 valence electrons. The maximum atomic E-state index is 5.58. The van der Waals surface area contributed by atoms with Crippen LogP contribution in [-0.2, 0) is 12.2 Å². The van der Waals surface area contributed by atoms with Crippen molar-refractivity contribution in [1.82, 2.24) is 9.97 Å². The molecule has 0 amide bonds. The molecule has 1 saturated carbocycles. The second kappa shape index (κ2) is 7.25. The number of nitrogens with two attached hydrogens (primary N) is 1. The monoisotopic (exact) mass is 279 g/mol. The standard InChI is InChI=1S/C15H25N3S/c1-11-14(8-5-9-16)12(2)18-15(17-11)10-19-13-6-3-4-7-13/h13H,3-10,16H2,1-2H3. The van der Waals surface area contributed by atoms with Crippen molar-refractivity contribution in [2.45, 2.75) is 63.4 Å². The SMILES string of the molecule is Cc1nc(CSC2CCCC2)nc(C)c1CCCN. The van der Waals surface area contributed by atoms with E-state index in [0.717, 1.165) is 47.6 Å². The van der Waals surface area contributed by atoms with Crippen molar-refractivity contribution >= 4 is 11.8 Å². The first-order valence-corrected chi connectivity index (χ1v) is 8.40. The Labute approximate surface area is 120 Å². The van der Waals surface area contributed by atoms with Crippen LogP contribution in [0, 0.1) is 13.8 Å². The number of nitrogens with zero attached hydrogens (tertiary/aromatic N) is 2. The smallest absolute Gasteiger partial charge is 0.138 e. The van der Waals surface area contributed by atoms with Crippen molar-refractivity contribution in [2.75, 3.05) is 6.54 Å². The van der Waals surface area contributed by atoms with Gasteiger partial charge in [-0.3, -0.25) is 0 Å². The molecule has 0 atom stereocenters. The summed E-state index contributed by atoms with van der Waals surface area (Å²) >= 11 is 2.03.